The molecular formula is C14H20N4. The lowest BCUT2D eigenvalue weighted by Crippen LogP contribution is -2.26. The summed E-state index contributed by atoms with van der Waals surface area (Å²) < 4.78 is 1.87. The van der Waals surface area contributed by atoms with Gasteiger partial charge in [-0.2, -0.15) is 5.10 Å². The molecule has 2 aromatic rings. The summed E-state index contributed by atoms with van der Waals surface area (Å²) in [5, 5.41) is 7.37. The average Bonchev–Trinajstić information content (AvgIpc) is 2.91. The van der Waals surface area contributed by atoms with Crippen LogP contribution in [0.3, 0.4) is 0 Å². The Kier molecular flexibility index (Phi) is 4.50. The number of hydrogen-bond donors (Lipinski definition) is 1. The standard InChI is InChI=1S/C14H20N4/c1-15-9-11-17(2)12-13-4-6-14(7-5-13)18-10-3-8-16-18/h3-8,10,15H,9,11-12H2,1-2H3. The second-order valence-corrected chi connectivity index (χ2v) is 4.46. The second-order valence-electron chi connectivity index (χ2n) is 4.46. The first-order valence-corrected chi connectivity index (χ1v) is 6.21. The number of nitrogens with one attached hydrogen (secondary N) is 1. The van der Waals surface area contributed by atoms with Crippen LogP contribution in [0.15, 0.2) is 42.7 Å². The molecule has 0 bridgehead atoms. The molecule has 0 amide bonds. The van der Waals surface area contributed by atoms with Crippen molar-refractivity contribution in [3.63, 3.8) is 0 Å². The van der Waals surface area contributed by atoms with E-state index < -0.39 is 0 Å². The van der Waals surface area contributed by atoms with E-state index in [2.05, 4.69) is 46.6 Å². The fraction of sp³-hybridized carbons (Fsp3) is 0.357. The zero-order valence-corrected chi connectivity index (χ0v) is 11.0. The van der Waals surface area contributed by atoms with Gasteiger partial charge in [-0.1, -0.05) is 12.1 Å². The molecule has 96 valence electrons. The lowest BCUT2D eigenvalue weighted by atomic mass is 10.2. The maximum absolute atomic E-state index is 4.22. The van der Waals surface area contributed by atoms with E-state index in [-0.39, 0.29) is 0 Å². The van der Waals surface area contributed by atoms with E-state index in [0.29, 0.717) is 0 Å². The monoisotopic (exact) mass is 244 g/mol. The molecule has 1 heterocycles. The Bertz CT molecular complexity index is 447. The zero-order chi connectivity index (χ0) is 12.8. The molecule has 0 unspecified atom stereocenters. The number of rotatable bonds is 6. The maximum Gasteiger partial charge on any atom is 0.0645 e. The van der Waals surface area contributed by atoms with Crippen LogP contribution in [0.1, 0.15) is 5.56 Å². The molecule has 18 heavy (non-hydrogen) atoms. The molecule has 0 fully saturated rings. The van der Waals surface area contributed by atoms with Gasteiger partial charge in [-0.3, -0.25) is 0 Å². The first-order chi connectivity index (χ1) is 8.79. The maximum atomic E-state index is 4.22. The Morgan fingerprint density at radius 1 is 1.28 bits per heavy atom. The SMILES string of the molecule is CNCCN(C)Cc1ccc(-n2cccn2)cc1. The Morgan fingerprint density at radius 2 is 2.06 bits per heavy atom. The van der Waals surface area contributed by atoms with Crippen LogP contribution in [-0.2, 0) is 6.54 Å². The van der Waals surface area contributed by atoms with Crippen molar-refractivity contribution in [3.05, 3.63) is 48.3 Å². The predicted octanol–water partition coefficient (Wildman–Crippen LogP) is 1.52. The van der Waals surface area contributed by atoms with E-state index in [9.17, 15) is 0 Å². The van der Waals surface area contributed by atoms with Gasteiger partial charge < -0.3 is 10.2 Å². The summed E-state index contributed by atoms with van der Waals surface area (Å²) in [5.41, 5.74) is 2.42. The van der Waals surface area contributed by atoms with Crippen LogP contribution in [0, 0.1) is 0 Å². The van der Waals surface area contributed by atoms with E-state index in [1.54, 1.807) is 6.20 Å². The topological polar surface area (TPSA) is 33.1 Å². The third-order valence-corrected chi connectivity index (χ3v) is 2.90. The van der Waals surface area contributed by atoms with Crippen LogP contribution in [-0.4, -0.2) is 41.9 Å². The first kappa shape index (κ1) is 12.8. The molecule has 1 aromatic carbocycles. The summed E-state index contributed by atoms with van der Waals surface area (Å²) in [7, 11) is 4.12. The summed E-state index contributed by atoms with van der Waals surface area (Å²) in [6.07, 6.45) is 3.74. The number of nitrogens with zero attached hydrogens (tertiary/aromatic N) is 3. The molecule has 1 aromatic heterocycles. The molecule has 0 saturated heterocycles. The van der Waals surface area contributed by atoms with Crippen LogP contribution in [0.25, 0.3) is 5.69 Å². The van der Waals surface area contributed by atoms with Gasteiger partial charge in [0.2, 0.25) is 0 Å². The van der Waals surface area contributed by atoms with Gasteiger partial charge >= 0.3 is 0 Å². The van der Waals surface area contributed by atoms with Crippen molar-refractivity contribution in [1.82, 2.24) is 20.0 Å². The van der Waals surface area contributed by atoms with Gasteiger partial charge in [-0.25, -0.2) is 4.68 Å². The highest BCUT2D eigenvalue weighted by atomic mass is 15.3. The minimum Gasteiger partial charge on any atom is -0.318 e. The fourth-order valence-electron chi connectivity index (χ4n) is 1.87. The van der Waals surface area contributed by atoms with Gasteiger partial charge in [0.1, 0.15) is 0 Å². The molecule has 0 spiro atoms. The van der Waals surface area contributed by atoms with Crippen molar-refractivity contribution >= 4 is 0 Å². The molecule has 0 saturated carbocycles. The van der Waals surface area contributed by atoms with Gasteiger partial charge in [0.25, 0.3) is 0 Å². The average molecular weight is 244 g/mol. The molecular weight excluding hydrogens is 224 g/mol. The van der Waals surface area contributed by atoms with Crippen molar-refractivity contribution in [2.45, 2.75) is 6.54 Å². The largest absolute Gasteiger partial charge is 0.318 e. The van der Waals surface area contributed by atoms with Gasteiger partial charge in [-0.15, -0.1) is 0 Å². The van der Waals surface area contributed by atoms with Crippen LogP contribution >= 0.6 is 0 Å². The summed E-state index contributed by atoms with van der Waals surface area (Å²) in [6.45, 7) is 3.04. The number of likely N-dealkylation sites (N-methyl/N-ethyl adjacent to an activating group) is 2. The Balaban J connectivity index is 1.95. The smallest absolute Gasteiger partial charge is 0.0645 e. The molecule has 4 nitrogen and oxygen atoms in total. The van der Waals surface area contributed by atoms with Crippen LogP contribution in [0.4, 0.5) is 0 Å². The summed E-state index contributed by atoms with van der Waals surface area (Å²) in [5.74, 6) is 0. The minimum atomic E-state index is 0.973. The van der Waals surface area contributed by atoms with E-state index >= 15 is 0 Å². The van der Waals surface area contributed by atoms with E-state index in [4.69, 9.17) is 0 Å². The molecule has 1 N–H and O–H groups in total. The third kappa shape index (κ3) is 3.42. The van der Waals surface area contributed by atoms with Gasteiger partial charge in [0.05, 0.1) is 5.69 Å². The Morgan fingerprint density at radius 3 is 2.67 bits per heavy atom. The lowest BCUT2D eigenvalue weighted by molar-refractivity contribution is 0.328. The Hall–Kier alpha value is -1.65. The van der Waals surface area contributed by atoms with Crippen molar-refractivity contribution < 1.29 is 0 Å². The highest BCUT2D eigenvalue weighted by Gasteiger charge is 2.01. The highest BCUT2D eigenvalue weighted by Crippen LogP contribution is 2.09. The van der Waals surface area contributed by atoms with Crippen molar-refractivity contribution in [2.24, 2.45) is 0 Å². The van der Waals surface area contributed by atoms with Crippen LogP contribution < -0.4 is 5.32 Å². The van der Waals surface area contributed by atoms with Crippen molar-refractivity contribution in [1.29, 1.82) is 0 Å². The number of aromatic nitrogens is 2. The second kappa shape index (κ2) is 6.33. The fourth-order valence-corrected chi connectivity index (χ4v) is 1.87. The van der Waals surface area contributed by atoms with Gasteiger partial charge in [0, 0.05) is 32.0 Å². The van der Waals surface area contributed by atoms with Gasteiger partial charge in [-0.05, 0) is 37.9 Å². The molecule has 0 aliphatic heterocycles. The first-order valence-electron chi connectivity index (χ1n) is 6.21. The van der Waals surface area contributed by atoms with Gasteiger partial charge in [0.15, 0.2) is 0 Å². The summed E-state index contributed by atoms with van der Waals surface area (Å²) in [6, 6.07) is 10.5. The van der Waals surface area contributed by atoms with E-state index in [0.717, 1.165) is 25.3 Å². The number of benzene rings is 1. The van der Waals surface area contributed by atoms with Crippen LogP contribution in [0.2, 0.25) is 0 Å². The highest BCUT2D eigenvalue weighted by molar-refractivity contribution is 5.33. The molecule has 0 radical (unpaired) electrons. The third-order valence-electron chi connectivity index (χ3n) is 2.90. The van der Waals surface area contributed by atoms with E-state index in [1.165, 1.54) is 5.56 Å². The van der Waals surface area contributed by atoms with Crippen molar-refractivity contribution in [3.8, 4) is 5.69 Å². The molecule has 2 rings (SSSR count). The predicted molar refractivity (Wildman–Crippen MR) is 73.8 cm³/mol. The molecule has 0 aliphatic rings. The normalized spacial score (nSPS) is 11.1. The summed E-state index contributed by atoms with van der Waals surface area (Å²) >= 11 is 0. The van der Waals surface area contributed by atoms with Crippen molar-refractivity contribution in [2.75, 3.05) is 27.2 Å². The lowest BCUT2D eigenvalue weighted by Gasteiger charge is -2.16. The quantitative estimate of drug-likeness (QED) is 0.836. The zero-order valence-electron chi connectivity index (χ0n) is 11.0. The molecule has 0 atom stereocenters. The minimum absolute atomic E-state index is 0.973. The Labute approximate surface area is 108 Å². The molecule has 4 heteroatoms. The van der Waals surface area contributed by atoms with E-state index in [1.807, 2.05) is 24.0 Å². The summed E-state index contributed by atoms with van der Waals surface area (Å²) in [4.78, 5) is 2.30. The molecule has 0 aliphatic carbocycles. The van der Waals surface area contributed by atoms with Crippen LogP contribution in [0.5, 0.6) is 0 Å². The number of hydrogen-bond acceptors (Lipinski definition) is 3.